The molecule has 1 aliphatic heterocycles. The Hall–Kier alpha value is -2.30. The molecule has 1 atom stereocenters. The summed E-state index contributed by atoms with van der Waals surface area (Å²) in [4.78, 5) is 16.8. The molecule has 6 heteroatoms. The van der Waals surface area contributed by atoms with Gasteiger partial charge >= 0.3 is 0 Å². The summed E-state index contributed by atoms with van der Waals surface area (Å²) < 4.78 is 1.84. The summed E-state index contributed by atoms with van der Waals surface area (Å²) in [7, 11) is 0. The highest BCUT2D eigenvalue weighted by Gasteiger charge is 2.31. The Bertz CT molecular complexity index is 936. The molecule has 1 aromatic heterocycles. The van der Waals surface area contributed by atoms with Crippen LogP contribution < -0.4 is 5.32 Å². The average Bonchev–Trinajstić information content (AvgIpc) is 2.97. The highest BCUT2D eigenvalue weighted by molar-refractivity contribution is 6.31. The van der Waals surface area contributed by atoms with Gasteiger partial charge < -0.3 is 5.32 Å². The van der Waals surface area contributed by atoms with Gasteiger partial charge in [-0.2, -0.15) is 0 Å². The smallest absolute Gasteiger partial charge is 0.226 e. The van der Waals surface area contributed by atoms with E-state index in [1.165, 1.54) is 0 Å². The quantitative estimate of drug-likeness (QED) is 0.725. The number of carbonyl (C=O) groups excluding carboxylic acids is 1. The van der Waals surface area contributed by atoms with Crippen molar-refractivity contribution in [1.29, 1.82) is 0 Å². The first-order valence-electron chi connectivity index (χ1n) is 7.50. The van der Waals surface area contributed by atoms with E-state index >= 15 is 0 Å². The van der Waals surface area contributed by atoms with Gasteiger partial charge in [0.15, 0.2) is 0 Å². The Kier molecular flexibility index (Phi) is 3.79. The Morgan fingerprint density at radius 1 is 1.08 bits per heavy atom. The van der Waals surface area contributed by atoms with Gasteiger partial charge in [0.25, 0.3) is 0 Å². The molecule has 1 aliphatic rings. The van der Waals surface area contributed by atoms with Crippen molar-refractivity contribution in [2.45, 2.75) is 12.3 Å². The minimum Gasteiger partial charge on any atom is -0.310 e. The minimum absolute atomic E-state index is 0.0451. The zero-order valence-electron chi connectivity index (χ0n) is 12.5. The summed E-state index contributed by atoms with van der Waals surface area (Å²) in [5, 5.41) is 4.20. The van der Waals surface area contributed by atoms with E-state index in [0.717, 1.165) is 16.9 Å². The van der Waals surface area contributed by atoms with Crippen LogP contribution in [-0.2, 0) is 4.79 Å². The first-order valence-corrected chi connectivity index (χ1v) is 8.26. The zero-order chi connectivity index (χ0) is 16.7. The second kappa shape index (κ2) is 5.96. The first kappa shape index (κ1) is 15.2. The third-order valence-electron chi connectivity index (χ3n) is 4.11. The van der Waals surface area contributed by atoms with Gasteiger partial charge in [0.2, 0.25) is 5.91 Å². The molecule has 2 aromatic carbocycles. The Labute approximate surface area is 149 Å². The summed E-state index contributed by atoms with van der Waals surface area (Å²) in [6.07, 6.45) is 2.05. The van der Waals surface area contributed by atoms with E-state index in [4.69, 9.17) is 23.2 Å². The van der Waals surface area contributed by atoms with Crippen LogP contribution >= 0.6 is 23.2 Å². The number of amides is 1. The second-order valence-corrected chi connectivity index (χ2v) is 6.56. The zero-order valence-corrected chi connectivity index (χ0v) is 14.1. The summed E-state index contributed by atoms with van der Waals surface area (Å²) in [6.45, 7) is 0. The van der Waals surface area contributed by atoms with E-state index in [2.05, 4.69) is 10.3 Å². The van der Waals surface area contributed by atoms with Crippen LogP contribution in [0.3, 0.4) is 0 Å². The molecule has 0 bridgehead atoms. The number of hydrogen-bond donors (Lipinski definition) is 1. The van der Waals surface area contributed by atoms with E-state index in [0.29, 0.717) is 22.3 Å². The molecule has 120 valence electrons. The minimum atomic E-state index is -0.118. The number of imidazole rings is 1. The molecule has 4 rings (SSSR count). The molecule has 0 spiro atoms. The number of fused-ring (bicyclic) bond motifs is 1. The van der Waals surface area contributed by atoms with Crippen LogP contribution in [0.15, 0.2) is 54.9 Å². The van der Waals surface area contributed by atoms with Crippen molar-refractivity contribution in [3.05, 3.63) is 76.2 Å². The number of nitrogens with zero attached hydrogens (tertiary/aromatic N) is 2. The maximum atomic E-state index is 12.2. The summed E-state index contributed by atoms with van der Waals surface area (Å²) in [5.41, 5.74) is 2.66. The van der Waals surface area contributed by atoms with Crippen LogP contribution in [0.25, 0.3) is 5.69 Å². The predicted molar refractivity (Wildman–Crippen MR) is 95.1 cm³/mol. The third-order valence-corrected chi connectivity index (χ3v) is 4.58. The molecule has 0 radical (unpaired) electrons. The van der Waals surface area contributed by atoms with Crippen LogP contribution in [0.4, 0.5) is 5.82 Å². The normalized spacial score (nSPS) is 16.6. The van der Waals surface area contributed by atoms with E-state index in [1.54, 1.807) is 6.33 Å². The SMILES string of the molecule is O=C1C[C@@H](c2cccc(Cl)c2)c2ncn(-c3cccc(Cl)c3)c2N1. The molecule has 0 aliphatic carbocycles. The lowest BCUT2D eigenvalue weighted by Gasteiger charge is -2.23. The van der Waals surface area contributed by atoms with E-state index < -0.39 is 0 Å². The van der Waals surface area contributed by atoms with Gasteiger partial charge in [0.05, 0.1) is 5.69 Å². The van der Waals surface area contributed by atoms with Gasteiger partial charge in [-0.25, -0.2) is 4.98 Å². The van der Waals surface area contributed by atoms with Crippen LogP contribution in [0.2, 0.25) is 10.0 Å². The van der Waals surface area contributed by atoms with Crippen LogP contribution in [0.5, 0.6) is 0 Å². The maximum absolute atomic E-state index is 12.2. The largest absolute Gasteiger partial charge is 0.310 e. The van der Waals surface area contributed by atoms with Gasteiger partial charge in [-0.05, 0) is 35.9 Å². The van der Waals surface area contributed by atoms with Crippen LogP contribution in [-0.4, -0.2) is 15.5 Å². The number of aromatic nitrogens is 2. The van der Waals surface area contributed by atoms with Crippen LogP contribution in [0.1, 0.15) is 23.6 Å². The molecular formula is C18H13Cl2N3O. The number of benzene rings is 2. The maximum Gasteiger partial charge on any atom is 0.226 e. The van der Waals surface area contributed by atoms with E-state index in [-0.39, 0.29) is 11.8 Å². The fourth-order valence-corrected chi connectivity index (χ4v) is 3.41. The number of halogens is 2. The van der Waals surface area contributed by atoms with Crippen molar-refractivity contribution in [3.63, 3.8) is 0 Å². The molecule has 24 heavy (non-hydrogen) atoms. The number of carbonyl (C=O) groups is 1. The third kappa shape index (κ3) is 2.68. The van der Waals surface area contributed by atoms with Gasteiger partial charge in [0, 0.05) is 28.1 Å². The molecule has 1 N–H and O–H groups in total. The molecule has 0 fully saturated rings. The van der Waals surface area contributed by atoms with Gasteiger partial charge in [-0.1, -0.05) is 41.4 Å². The lowest BCUT2D eigenvalue weighted by molar-refractivity contribution is -0.116. The van der Waals surface area contributed by atoms with Crippen molar-refractivity contribution in [1.82, 2.24) is 9.55 Å². The van der Waals surface area contributed by atoms with Gasteiger partial charge in [-0.15, -0.1) is 0 Å². The van der Waals surface area contributed by atoms with Crippen molar-refractivity contribution >= 4 is 34.9 Å². The standard InChI is InChI=1S/C18H13Cl2N3O/c19-12-4-1-3-11(7-12)15-9-16(24)22-18-17(15)21-10-23(18)14-6-2-5-13(20)8-14/h1-8,10,15H,9H2,(H,22,24)/t15-/m0/s1. The lowest BCUT2D eigenvalue weighted by atomic mass is 9.90. The molecule has 0 saturated heterocycles. The summed E-state index contributed by atoms with van der Waals surface area (Å²) in [6, 6.07) is 15.0. The summed E-state index contributed by atoms with van der Waals surface area (Å²) in [5.74, 6) is 0.516. The highest BCUT2D eigenvalue weighted by Crippen LogP contribution is 2.38. The van der Waals surface area contributed by atoms with Crippen molar-refractivity contribution in [3.8, 4) is 5.69 Å². The highest BCUT2D eigenvalue weighted by atomic mass is 35.5. The monoisotopic (exact) mass is 357 g/mol. The number of hydrogen-bond acceptors (Lipinski definition) is 2. The topological polar surface area (TPSA) is 46.9 Å². The van der Waals surface area contributed by atoms with E-state index in [9.17, 15) is 4.79 Å². The fourth-order valence-electron chi connectivity index (χ4n) is 3.03. The Morgan fingerprint density at radius 2 is 1.83 bits per heavy atom. The van der Waals surface area contributed by atoms with Gasteiger partial charge in [0.1, 0.15) is 12.1 Å². The summed E-state index contributed by atoms with van der Waals surface area (Å²) >= 11 is 12.2. The number of rotatable bonds is 2. The molecule has 4 nitrogen and oxygen atoms in total. The lowest BCUT2D eigenvalue weighted by Crippen LogP contribution is -2.24. The number of anilines is 1. The van der Waals surface area contributed by atoms with Gasteiger partial charge in [-0.3, -0.25) is 9.36 Å². The molecule has 1 amide bonds. The molecule has 0 unspecified atom stereocenters. The van der Waals surface area contributed by atoms with Crippen molar-refractivity contribution in [2.75, 3.05) is 5.32 Å². The van der Waals surface area contributed by atoms with Crippen molar-refractivity contribution in [2.24, 2.45) is 0 Å². The molecule has 0 saturated carbocycles. The Balaban J connectivity index is 1.83. The molecule has 3 aromatic rings. The van der Waals surface area contributed by atoms with Crippen LogP contribution in [0, 0.1) is 0 Å². The molecule has 2 heterocycles. The van der Waals surface area contributed by atoms with E-state index in [1.807, 2.05) is 53.1 Å². The Morgan fingerprint density at radius 3 is 2.58 bits per heavy atom. The predicted octanol–water partition coefficient (Wildman–Crippen LogP) is 4.65. The second-order valence-electron chi connectivity index (χ2n) is 5.69. The van der Waals surface area contributed by atoms with Crippen molar-refractivity contribution < 1.29 is 4.79 Å². The fraction of sp³-hybridized carbons (Fsp3) is 0.111. The first-order chi connectivity index (χ1) is 11.6. The number of nitrogens with one attached hydrogen (secondary N) is 1. The molecular weight excluding hydrogens is 345 g/mol. The average molecular weight is 358 g/mol.